The SMILES string of the molecule is CCn1cc(-c2cc(C(=O)N3CCCc4cc(C)ccc43)c3ccccc3n2)cn1. The number of nitrogens with zero attached hydrogens (tertiary/aromatic N) is 4. The quantitative estimate of drug-likeness (QED) is 0.489. The summed E-state index contributed by atoms with van der Waals surface area (Å²) in [5.74, 6) is 0.0301. The molecule has 0 atom stereocenters. The Kier molecular flexibility index (Phi) is 4.58. The largest absolute Gasteiger partial charge is 0.308 e. The fourth-order valence-corrected chi connectivity index (χ4v) is 4.25. The van der Waals surface area contributed by atoms with Gasteiger partial charge < -0.3 is 4.90 Å². The molecule has 3 heterocycles. The van der Waals surface area contributed by atoms with Crippen LogP contribution in [0.3, 0.4) is 0 Å². The molecule has 0 N–H and O–H groups in total. The van der Waals surface area contributed by atoms with Gasteiger partial charge in [-0.25, -0.2) is 4.98 Å². The smallest absolute Gasteiger partial charge is 0.259 e. The molecule has 1 aliphatic heterocycles. The number of aromatic nitrogens is 3. The van der Waals surface area contributed by atoms with E-state index in [0.29, 0.717) is 5.56 Å². The van der Waals surface area contributed by atoms with Gasteiger partial charge in [0.05, 0.1) is 23.0 Å². The molecule has 5 heteroatoms. The highest BCUT2D eigenvalue weighted by Gasteiger charge is 2.25. The molecular formula is C25H24N4O. The zero-order valence-corrected chi connectivity index (χ0v) is 17.3. The zero-order chi connectivity index (χ0) is 20.7. The minimum absolute atomic E-state index is 0.0301. The van der Waals surface area contributed by atoms with E-state index in [2.05, 4.69) is 37.1 Å². The molecule has 30 heavy (non-hydrogen) atoms. The number of hydrogen-bond donors (Lipinski definition) is 0. The molecule has 0 fully saturated rings. The monoisotopic (exact) mass is 396 g/mol. The number of pyridine rings is 1. The van der Waals surface area contributed by atoms with Crippen molar-refractivity contribution >= 4 is 22.5 Å². The minimum atomic E-state index is 0.0301. The van der Waals surface area contributed by atoms with E-state index < -0.39 is 0 Å². The van der Waals surface area contributed by atoms with Crippen LogP contribution in [0.5, 0.6) is 0 Å². The number of anilines is 1. The molecule has 1 amide bonds. The van der Waals surface area contributed by atoms with Crippen molar-refractivity contribution in [2.45, 2.75) is 33.2 Å². The van der Waals surface area contributed by atoms with E-state index in [1.165, 1.54) is 11.1 Å². The Balaban J connectivity index is 1.64. The molecule has 0 aliphatic carbocycles. The standard InChI is InChI=1S/C25H24N4O/c1-3-28-16-19(15-26-28)23-14-21(20-8-4-5-9-22(20)27-23)25(30)29-12-6-7-18-13-17(2)10-11-24(18)29/h4-5,8-11,13-16H,3,6-7,12H2,1-2H3. The molecule has 0 bridgehead atoms. The van der Waals surface area contributed by atoms with Gasteiger partial charge in [-0.1, -0.05) is 35.9 Å². The Bertz CT molecular complexity index is 1260. The van der Waals surface area contributed by atoms with Gasteiger partial charge >= 0.3 is 0 Å². The van der Waals surface area contributed by atoms with Gasteiger partial charge in [-0.05, 0) is 50.5 Å². The van der Waals surface area contributed by atoms with Crippen molar-refractivity contribution in [3.05, 3.63) is 77.6 Å². The first-order valence-electron chi connectivity index (χ1n) is 10.5. The van der Waals surface area contributed by atoms with E-state index in [1.807, 2.05) is 52.3 Å². The molecule has 1 aliphatic rings. The lowest BCUT2D eigenvalue weighted by atomic mass is 9.97. The lowest BCUT2D eigenvalue weighted by Gasteiger charge is -2.30. The predicted molar refractivity (Wildman–Crippen MR) is 120 cm³/mol. The van der Waals surface area contributed by atoms with Gasteiger partial charge in [0.1, 0.15) is 0 Å². The van der Waals surface area contributed by atoms with Crippen molar-refractivity contribution in [3.63, 3.8) is 0 Å². The summed E-state index contributed by atoms with van der Waals surface area (Å²) in [5.41, 5.74) is 6.71. The van der Waals surface area contributed by atoms with Crippen LogP contribution in [0.15, 0.2) is 60.9 Å². The van der Waals surface area contributed by atoms with E-state index >= 15 is 0 Å². The van der Waals surface area contributed by atoms with Crippen LogP contribution in [0.25, 0.3) is 22.2 Å². The molecule has 4 aromatic rings. The van der Waals surface area contributed by atoms with Gasteiger partial charge in [0.2, 0.25) is 0 Å². The Hall–Kier alpha value is -3.47. The molecular weight excluding hydrogens is 372 g/mol. The topological polar surface area (TPSA) is 51.0 Å². The number of hydrogen-bond acceptors (Lipinski definition) is 3. The maximum absolute atomic E-state index is 13.8. The molecule has 2 aromatic carbocycles. The predicted octanol–water partition coefficient (Wildman–Crippen LogP) is 5.02. The molecule has 0 saturated heterocycles. The molecule has 0 unspecified atom stereocenters. The first-order chi connectivity index (χ1) is 14.6. The van der Waals surface area contributed by atoms with Crippen LogP contribution in [0, 0.1) is 6.92 Å². The third-order valence-corrected chi connectivity index (χ3v) is 5.80. The second-order valence-corrected chi connectivity index (χ2v) is 7.85. The molecule has 0 saturated carbocycles. The highest BCUT2D eigenvalue weighted by Crippen LogP contribution is 2.32. The fourth-order valence-electron chi connectivity index (χ4n) is 4.25. The summed E-state index contributed by atoms with van der Waals surface area (Å²) >= 11 is 0. The Morgan fingerprint density at radius 3 is 2.83 bits per heavy atom. The van der Waals surface area contributed by atoms with E-state index in [9.17, 15) is 4.79 Å². The summed E-state index contributed by atoms with van der Waals surface area (Å²) in [5, 5.41) is 5.26. The molecule has 5 rings (SSSR count). The first-order valence-corrected chi connectivity index (χ1v) is 10.5. The van der Waals surface area contributed by atoms with Crippen LogP contribution < -0.4 is 4.90 Å². The van der Waals surface area contributed by atoms with E-state index in [0.717, 1.165) is 53.8 Å². The minimum Gasteiger partial charge on any atom is -0.308 e. The average Bonchev–Trinajstić information content (AvgIpc) is 3.26. The Morgan fingerprint density at radius 1 is 1.13 bits per heavy atom. The van der Waals surface area contributed by atoms with Crippen LogP contribution in [0.2, 0.25) is 0 Å². The second-order valence-electron chi connectivity index (χ2n) is 7.85. The van der Waals surface area contributed by atoms with Crippen molar-refractivity contribution in [2.24, 2.45) is 0 Å². The van der Waals surface area contributed by atoms with Gasteiger partial charge in [0.25, 0.3) is 5.91 Å². The fraction of sp³-hybridized carbons (Fsp3) is 0.240. The lowest BCUT2D eigenvalue weighted by Crippen LogP contribution is -2.35. The number of rotatable bonds is 3. The van der Waals surface area contributed by atoms with Crippen LogP contribution in [0.4, 0.5) is 5.69 Å². The summed E-state index contributed by atoms with van der Waals surface area (Å²) < 4.78 is 1.87. The van der Waals surface area contributed by atoms with Crippen molar-refractivity contribution in [3.8, 4) is 11.3 Å². The van der Waals surface area contributed by atoms with Gasteiger partial charge in [0, 0.05) is 35.9 Å². The lowest BCUT2D eigenvalue weighted by molar-refractivity contribution is 0.0986. The van der Waals surface area contributed by atoms with Crippen LogP contribution in [-0.4, -0.2) is 27.2 Å². The first kappa shape index (κ1) is 18.6. The highest BCUT2D eigenvalue weighted by atomic mass is 16.2. The number of benzene rings is 2. The third kappa shape index (κ3) is 3.16. The van der Waals surface area contributed by atoms with Gasteiger partial charge in [-0.15, -0.1) is 0 Å². The third-order valence-electron chi connectivity index (χ3n) is 5.80. The van der Waals surface area contributed by atoms with Crippen LogP contribution >= 0.6 is 0 Å². The number of amides is 1. The van der Waals surface area contributed by atoms with Crippen molar-refractivity contribution in [1.82, 2.24) is 14.8 Å². The maximum Gasteiger partial charge on any atom is 0.259 e. The Labute approximate surface area is 176 Å². The zero-order valence-electron chi connectivity index (χ0n) is 17.3. The van der Waals surface area contributed by atoms with Gasteiger partial charge in [-0.2, -0.15) is 5.10 Å². The summed E-state index contributed by atoms with van der Waals surface area (Å²) in [4.78, 5) is 20.5. The summed E-state index contributed by atoms with van der Waals surface area (Å²) in [6, 6.07) is 16.2. The number of carbonyl (C=O) groups excluding carboxylic acids is 1. The van der Waals surface area contributed by atoms with E-state index in [-0.39, 0.29) is 5.91 Å². The van der Waals surface area contributed by atoms with E-state index in [4.69, 9.17) is 4.98 Å². The van der Waals surface area contributed by atoms with Crippen LogP contribution in [-0.2, 0) is 13.0 Å². The number of carbonyl (C=O) groups is 1. The number of para-hydroxylation sites is 1. The normalized spacial score (nSPS) is 13.5. The number of fused-ring (bicyclic) bond motifs is 2. The number of aryl methyl sites for hydroxylation is 3. The van der Waals surface area contributed by atoms with Crippen molar-refractivity contribution in [1.29, 1.82) is 0 Å². The van der Waals surface area contributed by atoms with Crippen molar-refractivity contribution < 1.29 is 4.79 Å². The van der Waals surface area contributed by atoms with E-state index in [1.54, 1.807) is 0 Å². The molecule has 0 radical (unpaired) electrons. The summed E-state index contributed by atoms with van der Waals surface area (Å²) in [6.07, 6.45) is 5.78. The highest BCUT2D eigenvalue weighted by molar-refractivity contribution is 6.14. The average molecular weight is 396 g/mol. The van der Waals surface area contributed by atoms with Gasteiger partial charge in [-0.3, -0.25) is 9.48 Å². The van der Waals surface area contributed by atoms with Crippen LogP contribution in [0.1, 0.15) is 34.8 Å². The second kappa shape index (κ2) is 7.41. The Morgan fingerprint density at radius 2 is 2.00 bits per heavy atom. The van der Waals surface area contributed by atoms with Gasteiger partial charge in [0.15, 0.2) is 0 Å². The summed E-state index contributed by atoms with van der Waals surface area (Å²) in [6.45, 7) is 5.67. The molecule has 150 valence electrons. The molecule has 5 nitrogen and oxygen atoms in total. The maximum atomic E-state index is 13.8. The summed E-state index contributed by atoms with van der Waals surface area (Å²) in [7, 11) is 0. The molecule has 2 aromatic heterocycles. The molecule has 0 spiro atoms. The van der Waals surface area contributed by atoms with Crippen molar-refractivity contribution in [2.75, 3.05) is 11.4 Å².